The molecule has 0 unspecified atom stereocenters. The molecule has 0 fully saturated rings. The van der Waals surface area contributed by atoms with E-state index in [1.165, 1.54) is 7.11 Å². The smallest absolute Gasteiger partial charge is 0.262 e. The maximum absolute atomic E-state index is 12.3. The Labute approximate surface area is 155 Å². The average Bonchev–Trinajstić information content (AvgIpc) is 2.67. The van der Waals surface area contributed by atoms with Gasteiger partial charge in [0.15, 0.2) is 6.61 Å². The maximum atomic E-state index is 12.3. The third-order valence-electron chi connectivity index (χ3n) is 3.72. The fourth-order valence-corrected chi connectivity index (χ4v) is 2.69. The minimum atomic E-state index is -0.337. The fraction of sp³-hybridized carbons (Fsp3) is 0.158. The largest absolute Gasteiger partial charge is 0.497 e. The highest BCUT2D eigenvalue weighted by atomic mass is 35.5. The van der Waals surface area contributed by atoms with Crippen LogP contribution in [-0.2, 0) is 4.79 Å². The fourth-order valence-electron chi connectivity index (χ4n) is 2.47. The number of ether oxygens (including phenoxy) is 3. The number of carbonyl (C=O) groups excluding carboxylic acids is 1. The van der Waals surface area contributed by atoms with Gasteiger partial charge in [0, 0.05) is 17.6 Å². The Morgan fingerprint density at radius 3 is 2.69 bits per heavy atom. The highest BCUT2D eigenvalue weighted by Gasteiger charge is 2.12. The van der Waals surface area contributed by atoms with E-state index in [9.17, 15) is 4.79 Å². The molecule has 134 valence electrons. The van der Waals surface area contributed by atoms with E-state index in [1.54, 1.807) is 49.7 Å². The molecule has 0 spiro atoms. The summed E-state index contributed by atoms with van der Waals surface area (Å²) in [7, 11) is 3.08. The van der Waals surface area contributed by atoms with Crippen LogP contribution in [-0.4, -0.2) is 31.7 Å². The van der Waals surface area contributed by atoms with Gasteiger partial charge in [-0.05, 0) is 36.4 Å². The number of fused-ring (bicyclic) bond motifs is 1. The molecule has 0 saturated carbocycles. The molecule has 0 aliphatic rings. The lowest BCUT2D eigenvalue weighted by molar-refractivity contribution is -0.118. The summed E-state index contributed by atoms with van der Waals surface area (Å²) >= 11 is 6.16. The molecule has 1 amide bonds. The Kier molecular flexibility index (Phi) is 5.43. The number of carbonyl (C=O) groups is 1. The molecule has 3 rings (SSSR count). The second-order valence-corrected chi connectivity index (χ2v) is 5.76. The summed E-state index contributed by atoms with van der Waals surface area (Å²) in [5, 5.41) is 4.09. The van der Waals surface area contributed by atoms with Crippen molar-refractivity contribution in [3.05, 3.63) is 53.7 Å². The van der Waals surface area contributed by atoms with E-state index in [1.807, 2.05) is 6.07 Å². The van der Waals surface area contributed by atoms with Gasteiger partial charge in [-0.1, -0.05) is 11.6 Å². The summed E-state index contributed by atoms with van der Waals surface area (Å²) in [4.78, 5) is 16.6. The first-order chi connectivity index (χ1) is 12.6. The first-order valence-corrected chi connectivity index (χ1v) is 8.18. The number of halogens is 1. The lowest BCUT2D eigenvalue weighted by Gasteiger charge is -2.13. The number of hydrogen-bond acceptors (Lipinski definition) is 5. The van der Waals surface area contributed by atoms with Gasteiger partial charge in [-0.2, -0.15) is 0 Å². The van der Waals surface area contributed by atoms with E-state index < -0.39 is 0 Å². The predicted molar refractivity (Wildman–Crippen MR) is 100 cm³/mol. The Hall–Kier alpha value is -2.99. The molecule has 3 aromatic rings. The van der Waals surface area contributed by atoms with Gasteiger partial charge in [-0.15, -0.1) is 0 Å². The minimum Gasteiger partial charge on any atom is -0.497 e. The molecular weight excluding hydrogens is 356 g/mol. The van der Waals surface area contributed by atoms with Gasteiger partial charge in [-0.3, -0.25) is 9.78 Å². The zero-order valence-corrected chi connectivity index (χ0v) is 15.0. The van der Waals surface area contributed by atoms with Crippen LogP contribution in [0.3, 0.4) is 0 Å². The number of rotatable bonds is 6. The molecule has 6 nitrogen and oxygen atoms in total. The summed E-state index contributed by atoms with van der Waals surface area (Å²) in [5.74, 6) is 1.28. The molecule has 1 aromatic heterocycles. The van der Waals surface area contributed by atoms with Crippen LogP contribution in [0.1, 0.15) is 0 Å². The normalized spacial score (nSPS) is 10.4. The quantitative estimate of drug-likeness (QED) is 0.710. The van der Waals surface area contributed by atoms with Gasteiger partial charge >= 0.3 is 0 Å². The number of pyridine rings is 1. The van der Waals surface area contributed by atoms with Crippen LogP contribution in [0.15, 0.2) is 48.7 Å². The second kappa shape index (κ2) is 7.93. The van der Waals surface area contributed by atoms with Crippen molar-refractivity contribution in [1.82, 2.24) is 4.98 Å². The van der Waals surface area contributed by atoms with Crippen LogP contribution in [0, 0.1) is 0 Å². The van der Waals surface area contributed by atoms with E-state index in [-0.39, 0.29) is 12.5 Å². The highest BCUT2D eigenvalue weighted by molar-refractivity contribution is 6.35. The van der Waals surface area contributed by atoms with Crippen molar-refractivity contribution in [2.75, 3.05) is 26.1 Å². The summed E-state index contributed by atoms with van der Waals surface area (Å²) in [5.41, 5.74) is 1.10. The number of benzene rings is 2. The number of methoxy groups -OCH3 is 2. The molecule has 1 N–H and O–H groups in total. The van der Waals surface area contributed by atoms with E-state index in [2.05, 4.69) is 10.3 Å². The molecule has 0 atom stereocenters. The van der Waals surface area contributed by atoms with Gasteiger partial charge in [0.25, 0.3) is 5.91 Å². The minimum absolute atomic E-state index is 0.187. The van der Waals surface area contributed by atoms with Crippen LogP contribution >= 0.6 is 11.6 Å². The van der Waals surface area contributed by atoms with Gasteiger partial charge in [0.2, 0.25) is 0 Å². The molecule has 0 aliphatic carbocycles. The van der Waals surface area contributed by atoms with Crippen molar-refractivity contribution >= 4 is 34.1 Å². The van der Waals surface area contributed by atoms with Gasteiger partial charge in [0.05, 0.1) is 24.9 Å². The van der Waals surface area contributed by atoms with Crippen LogP contribution in [0.5, 0.6) is 17.2 Å². The zero-order chi connectivity index (χ0) is 18.5. The number of aromatic nitrogens is 1. The molecule has 0 bridgehead atoms. The topological polar surface area (TPSA) is 69.7 Å². The van der Waals surface area contributed by atoms with Crippen LogP contribution in [0.2, 0.25) is 5.02 Å². The molecule has 0 aliphatic heterocycles. The SMILES string of the molecule is COc1ccc(OC)c(NC(=O)COc2ccc(Cl)c3cccnc23)c1. The summed E-state index contributed by atoms with van der Waals surface area (Å²) < 4.78 is 16.0. The molecule has 26 heavy (non-hydrogen) atoms. The highest BCUT2D eigenvalue weighted by Crippen LogP contribution is 2.30. The number of anilines is 1. The number of hydrogen-bond donors (Lipinski definition) is 1. The molecule has 1 heterocycles. The monoisotopic (exact) mass is 372 g/mol. The standard InChI is InChI=1S/C19H17ClN2O4/c1-24-12-5-7-16(25-2)15(10-12)22-18(23)11-26-17-8-6-14(20)13-4-3-9-21-19(13)17/h3-10H,11H2,1-2H3,(H,22,23). The van der Waals surface area contributed by atoms with Gasteiger partial charge < -0.3 is 19.5 Å². The van der Waals surface area contributed by atoms with Crippen molar-refractivity contribution in [3.63, 3.8) is 0 Å². The van der Waals surface area contributed by atoms with Gasteiger partial charge in [-0.25, -0.2) is 0 Å². The van der Waals surface area contributed by atoms with Crippen LogP contribution < -0.4 is 19.5 Å². The van der Waals surface area contributed by atoms with Gasteiger partial charge in [0.1, 0.15) is 22.8 Å². The third kappa shape index (κ3) is 3.81. The second-order valence-electron chi connectivity index (χ2n) is 5.35. The Morgan fingerprint density at radius 1 is 1.12 bits per heavy atom. The van der Waals surface area contributed by atoms with Crippen LogP contribution in [0.25, 0.3) is 10.9 Å². The van der Waals surface area contributed by atoms with Crippen molar-refractivity contribution in [2.45, 2.75) is 0 Å². The Bertz CT molecular complexity index is 946. The summed E-state index contributed by atoms with van der Waals surface area (Å²) in [6.07, 6.45) is 1.65. The summed E-state index contributed by atoms with van der Waals surface area (Å²) in [6, 6.07) is 12.2. The third-order valence-corrected chi connectivity index (χ3v) is 4.05. The van der Waals surface area contributed by atoms with E-state index in [4.69, 9.17) is 25.8 Å². The molecular formula is C19H17ClN2O4. The van der Waals surface area contributed by atoms with Crippen molar-refractivity contribution in [3.8, 4) is 17.2 Å². The maximum Gasteiger partial charge on any atom is 0.262 e. The molecule has 7 heteroatoms. The average molecular weight is 373 g/mol. The van der Waals surface area contributed by atoms with Crippen molar-refractivity contribution < 1.29 is 19.0 Å². The van der Waals surface area contributed by atoms with E-state index in [0.29, 0.717) is 33.5 Å². The lowest BCUT2D eigenvalue weighted by Crippen LogP contribution is -2.20. The van der Waals surface area contributed by atoms with E-state index >= 15 is 0 Å². The molecule has 0 saturated heterocycles. The number of amides is 1. The Balaban J connectivity index is 1.73. The van der Waals surface area contributed by atoms with Crippen molar-refractivity contribution in [1.29, 1.82) is 0 Å². The molecule has 2 aromatic carbocycles. The number of nitrogens with one attached hydrogen (secondary N) is 1. The lowest BCUT2D eigenvalue weighted by atomic mass is 10.2. The predicted octanol–water partition coefficient (Wildman–Crippen LogP) is 3.92. The first kappa shape index (κ1) is 17.8. The summed E-state index contributed by atoms with van der Waals surface area (Å²) in [6.45, 7) is -0.187. The zero-order valence-electron chi connectivity index (χ0n) is 14.3. The molecule has 0 radical (unpaired) electrons. The van der Waals surface area contributed by atoms with Crippen LogP contribution in [0.4, 0.5) is 5.69 Å². The van der Waals surface area contributed by atoms with E-state index in [0.717, 1.165) is 5.39 Å². The van der Waals surface area contributed by atoms with Crippen molar-refractivity contribution in [2.24, 2.45) is 0 Å². The number of nitrogens with zero attached hydrogens (tertiary/aromatic N) is 1. The Morgan fingerprint density at radius 2 is 1.92 bits per heavy atom. The first-order valence-electron chi connectivity index (χ1n) is 7.80.